The van der Waals surface area contributed by atoms with Crippen molar-refractivity contribution in [2.45, 2.75) is 18.7 Å². The number of benzene rings is 1. The van der Waals surface area contributed by atoms with Gasteiger partial charge in [0, 0.05) is 11.8 Å². The van der Waals surface area contributed by atoms with Crippen LogP contribution in [0.4, 0.5) is 5.13 Å². The monoisotopic (exact) mass is 306 g/mol. The van der Waals surface area contributed by atoms with Crippen LogP contribution >= 0.6 is 23.1 Å². The fourth-order valence-corrected chi connectivity index (χ4v) is 3.19. The number of rotatable bonds is 5. The SMILES string of the molecule is CC(=O)c1sc(NC(=O)CSc2ccccc2)nc1C. The molecule has 0 spiro atoms. The lowest BCUT2D eigenvalue weighted by Crippen LogP contribution is -2.13. The predicted molar refractivity (Wildman–Crippen MR) is 82.7 cm³/mol. The van der Waals surface area contributed by atoms with Crippen LogP contribution in [-0.2, 0) is 4.79 Å². The van der Waals surface area contributed by atoms with Crippen molar-refractivity contribution in [3.8, 4) is 0 Å². The fourth-order valence-electron chi connectivity index (χ4n) is 1.60. The number of carbonyl (C=O) groups is 2. The topological polar surface area (TPSA) is 59.1 Å². The quantitative estimate of drug-likeness (QED) is 0.679. The van der Waals surface area contributed by atoms with E-state index >= 15 is 0 Å². The molecule has 1 N–H and O–H groups in total. The Labute approximate surface area is 125 Å². The van der Waals surface area contributed by atoms with Crippen molar-refractivity contribution in [3.05, 3.63) is 40.9 Å². The third-order valence-corrected chi connectivity index (χ3v) is 4.66. The maximum absolute atomic E-state index is 11.8. The summed E-state index contributed by atoms with van der Waals surface area (Å²) in [6.45, 7) is 3.26. The van der Waals surface area contributed by atoms with Crippen LogP contribution in [0.2, 0.25) is 0 Å². The lowest BCUT2D eigenvalue weighted by atomic mass is 10.3. The molecule has 0 aliphatic rings. The van der Waals surface area contributed by atoms with Gasteiger partial charge < -0.3 is 5.32 Å². The Hall–Kier alpha value is -1.66. The Balaban J connectivity index is 1.92. The number of thiazole rings is 1. The molecule has 2 rings (SSSR count). The van der Waals surface area contributed by atoms with Crippen LogP contribution in [0.3, 0.4) is 0 Å². The van der Waals surface area contributed by atoms with Crippen LogP contribution in [0.5, 0.6) is 0 Å². The number of anilines is 1. The normalized spacial score (nSPS) is 10.3. The third kappa shape index (κ3) is 3.91. The Morgan fingerprint density at radius 3 is 2.60 bits per heavy atom. The van der Waals surface area contributed by atoms with Gasteiger partial charge in [-0.15, -0.1) is 11.8 Å². The first-order chi connectivity index (χ1) is 9.56. The zero-order valence-corrected chi connectivity index (χ0v) is 12.8. The fraction of sp³-hybridized carbons (Fsp3) is 0.214. The minimum atomic E-state index is -0.122. The second-order valence-corrected chi connectivity index (χ2v) is 6.19. The zero-order chi connectivity index (χ0) is 14.5. The van der Waals surface area contributed by atoms with E-state index in [1.54, 1.807) is 6.92 Å². The minimum Gasteiger partial charge on any atom is -0.301 e. The largest absolute Gasteiger partial charge is 0.301 e. The standard InChI is InChI=1S/C14H14N2O2S2/c1-9-13(10(2)17)20-14(15-9)16-12(18)8-19-11-6-4-3-5-7-11/h3-7H,8H2,1-2H3,(H,15,16,18). The van der Waals surface area contributed by atoms with Crippen LogP contribution in [0, 0.1) is 6.92 Å². The second-order valence-electron chi connectivity index (χ2n) is 4.14. The van der Waals surface area contributed by atoms with Crippen molar-refractivity contribution in [2.24, 2.45) is 0 Å². The molecule has 0 radical (unpaired) electrons. The van der Waals surface area contributed by atoms with E-state index in [2.05, 4.69) is 10.3 Å². The molecule has 0 fully saturated rings. The van der Waals surface area contributed by atoms with Gasteiger partial charge in [0.2, 0.25) is 5.91 Å². The first kappa shape index (κ1) is 14.7. The van der Waals surface area contributed by atoms with Gasteiger partial charge in [0.15, 0.2) is 10.9 Å². The molecule has 0 saturated heterocycles. The molecule has 0 atom stereocenters. The number of amides is 1. The molecule has 0 bridgehead atoms. The molecule has 0 saturated carbocycles. The van der Waals surface area contributed by atoms with Crippen molar-refractivity contribution < 1.29 is 9.59 Å². The summed E-state index contributed by atoms with van der Waals surface area (Å²) >= 11 is 2.68. The number of Topliss-reactive ketones (excluding diaryl/α,β-unsaturated/α-hetero) is 1. The first-order valence-electron chi connectivity index (χ1n) is 6.02. The van der Waals surface area contributed by atoms with E-state index in [1.165, 1.54) is 30.0 Å². The van der Waals surface area contributed by atoms with E-state index in [0.717, 1.165) is 4.90 Å². The highest BCUT2D eigenvalue weighted by Crippen LogP contribution is 2.23. The number of thioether (sulfide) groups is 1. The lowest BCUT2D eigenvalue weighted by Gasteiger charge is -2.01. The summed E-state index contributed by atoms with van der Waals surface area (Å²) in [4.78, 5) is 29.0. The van der Waals surface area contributed by atoms with E-state index in [9.17, 15) is 9.59 Å². The number of aromatic nitrogens is 1. The number of carbonyl (C=O) groups excluding carboxylic acids is 2. The summed E-state index contributed by atoms with van der Waals surface area (Å²) in [5, 5.41) is 3.20. The van der Waals surface area contributed by atoms with Crippen molar-refractivity contribution in [3.63, 3.8) is 0 Å². The zero-order valence-electron chi connectivity index (χ0n) is 11.2. The molecule has 4 nitrogen and oxygen atoms in total. The number of ketones is 1. The van der Waals surface area contributed by atoms with Gasteiger partial charge >= 0.3 is 0 Å². The molecule has 1 amide bonds. The highest BCUT2D eigenvalue weighted by atomic mass is 32.2. The number of nitrogens with zero attached hydrogens (tertiary/aromatic N) is 1. The molecule has 1 heterocycles. The molecule has 0 aliphatic heterocycles. The van der Waals surface area contributed by atoms with E-state index in [4.69, 9.17) is 0 Å². The number of hydrogen-bond donors (Lipinski definition) is 1. The van der Waals surface area contributed by atoms with Crippen LogP contribution < -0.4 is 5.32 Å². The molecule has 2 aromatic rings. The van der Waals surface area contributed by atoms with Crippen LogP contribution in [0.1, 0.15) is 22.3 Å². The lowest BCUT2D eigenvalue weighted by molar-refractivity contribution is -0.113. The Morgan fingerprint density at radius 2 is 2.00 bits per heavy atom. The number of hydrogen-bond acceptors (Lipinski definition) is 5. The van der Waals surface area contributed by atoms with Gasteiger partial charge in [-0.1, -0.05) is 29.5 Å². The Morgan fingerprint density at radius 1 is 1.30 bits per heavy atom. The summed E-state index contributed by atoms with van der Waals surface area (Å²) in [5.41, 5.74) is 0.661. The maximum atomic E-state index is 11.8. The van der Waals surface area contributed by atoms with Crippen molar-refractivity contribution in [1.29, 1.82) is 0 Å². The highest BCUT2D eigenvalue weighted by molar-refractivity contribution is 8.00. The average molecular weight is 306 g/mol. The van der Waals surface area contributed by atoms with Gasteiger partial charge in [0.1, 0.15) is 0 Å². The molecule has 0 unspecified atom stereocenters. The van der Waals surface area contributed by atoms with Crippen molar-refractivity contribution >= 4 is 39.9 Å². The summed E-state index contributed by atoms with van der Waals surface area (Å²) in [5.74, 6) is 0.166. The molecule has 20 heavy (non-hydrogen) atoms. The third-order valence-electron chi connectivity index (χ3n) is 2.48. The van der Waals surface area contributed by atoms with Gasteiger partial charge in [0.05, 0.1) is 16.3 Å². The molecule has 0 aliphatic carbocycles. The van der Waals surface area contributed by atoms with Crippen LogP contribution in [0.15, 0.2) is 35.2 Å². The molecule has 1 aromatic heterocycles. The van der Waals surface area contributed by atoms with Gasteiger partial charge in [-0.25, -0.2) is 4.98 Å². The van der Waals surface area contributed by atoms with E-state index < -0.39 is 0 Å². The van der Waals surface area contributed by atoms with E-state index in [-0.39, 0.29) is 11.7 Å². The van der Waals surface area contributed by atoms with Crippen LogP contribution in [0.25, 0.3) is 0 Å². The minimum absolute atomic E-state index is 0.0286. The number of aryl methyl sites for hydroxylation is 1. The van der Waals surface area contributed by atoms with E-state index in [1.807, 2.05) is 30.3 Å². The number of nitrogens with one attached hydrogen (secondary N) is 1. The molecule has 104 valence electrons. The average Bonchev–Trinajstić information content (AvgIpc) is 2.78. The van der Waals surface area contributed by atoms with Gasteiger partial charge in [0.25, 0.3) is 0 Å². The summed E-state index contributed by atoms with van der Waals surface area (Å²) in [6, 6.07) is 9.72. The molecular formula is C14H14N2O2S2. The molecule has 1 aromatic carbocycles. The maximum Gasteiger partial charge on any atom is 0.236 e. The van der Waals surface area contributed by atoms with Gasteiger partial charge in [-0.05, 0) is 19.1 Å². The Bertz CT molecular complexity index is 623. The smallest absolute Gasteiger partial charge is 0.236 e. The molecular weight excluding hydrogens is 292 g/mol. The van der Waals surface area contributed by atoms with Crippen molar-refractivity contribution in [1.82, 2.24) is 4.98 Å². The predicted octanol–water partition coefficient (Wildman–Crippen LogP) is 3.38. The first-order valence-corrected chi connectivity index (χ1v) is 7.82. The Kier molecular flexibility index (Phi) is 4.92. The van der Waals surface area contributed by atoms with E-state index in [0.29, 0.717) is 21.5 Å². The second kappa shape index (κ2) is 6.67. The van der Waals surface area contributed by atoms with Gasteiger partial charge in [-0.3, -0.25) is 9.59 Å². The summed E-state index contributed by atoms with van der Waals surface area (Å²) in [7, 11) is 0. The van der Waals surface area contributed by atoms with Gasteiger partial charge in [-0.2, -0.15) is 0 Å². The summed E-state index contributed by atoms with van der Waals surface area (Å²) in [6.07, 6.45) is 0. The van der Waals surface area contributed by atoms with Crippen LogP contribution in [-0.4, -0.2) is 22.4 Å². The molecule has 6 heteroatoms. The highest BCUT2D eigenvalue weighted by Gasteiger charge is 2.13. The van der Waals surface area contributed by atoms with Crippen molar-refractivity contribution in [2.75, 3.05) is 11.1 Å². The summed E-state index contributed by atoms with van der Waals surface area (Å²) < 4.78 is 0.